The molecule has 1 aliphatic heterocycles. The van der Waals surface area contributed by atoms with Crippen molar-refractivity contribution in [2.24, 2.45) is 0 Å². The zero-order chi connectivity index (χ0) is 15.6. The van der Waals surface area contributed by atoms with Crippen LogP contribution in [0.15, 0.2) is 23.1 Å². The molecule has 1 aromatic rings. The summed E-state index contributed by atoms with van der Waals surface area (Å²) in [4.78, 5) is 10.4. The third-order valence-corrected chi connectivity index (χ3v) is 4.93. The van der Waals surface area contributed by atoms with Gasteiger partial charge in [-0.1, -0.05) is 0 Å². The van der Waals surface area contributed by atoms with Gasteiger partial charge in [-0.3, -0.25) is 4.79 Å². The summed E-state index contributed by atoms with van der Waals surface area (Å²) in [5, 5.41) is 8.63. The summed E-state index contributed by atoms with van der Waals surface area (Å²) in [6.07, 6.45) is -0.218. The first-order chi connectivity index (χ1) is 9.79. The summed E-state index contributed by atoms with van der Waals surface area (Å²) in [6, 6.07) is 3.39. The van der Waals surface area contributed by atoms with E-state index in [4.69, 9.17) is 9.84 Å². The monoisotopic (exact) mass is 317 g/mol. The van der Waals surface area contributed by atoms with Gasteiger partial charge in [0.1, 0.15) is 5.82 Å². The van der Waals surface area contributed by atoms with Crippen LogP contribution in [0.4, 0.5) is 4.39 Å². The highest BCUT2D eigenvalue weighted by atomic mass is 32.2. The Labute approximate surface area is 122 Å². The molecule has 0 aromatic heterocycles. The molecule has 1 aliphatic rings. The van der Waals surface area contributed by atoms with Gasteiger partial charge in [-0.25, -0.2) is 12.8 Å². The summed E-state index contributed by atoms with van der Waals surface area (Å²) in [5.74, 6) is -1.72. The standard InChI is InChI=1S/C13H16FNO5S/c1-15(7-11-8-20-11)21(18,19)12-5-9(2-3-13(16)17)4-10(14)6-12/h4-6,11H,2-3,7-8H2,1H3,(H,16,17). The molecule has 1 heterocycles. The van der Waals surface area contributed by atoms with Crippen molar-refractivity contribution in [1.29, 1.82) is 0 Å². The van der Waals surface area contributed by atoms with Crippen LogP contribution in [0.3, 0.4) is 0 Å². The van der Waals surface area contributed by atoms with Crippen molar-refractivity contribution in [2.45, 2.75) is 23.8 Å². The summed E-state index contributed by atoms with van der Waals surface area (Å²) in [6.45, 7) is 0.732. The quantitative estimate of drug-likeness (QED) is 0.754. The van der Waals surface area contributed by atoms with Gasteiger partial charge in [0.15, 0.2) is 0 Å². The van der Waals surface area contributed by atoms with Crippen LogP contribution in [-0.4, -0.2) is 50.1 Å². The van der Waals surface area contributed by atoms with Crippen LogP contribution in [0.5, 0.6) is 0 Å². The van der Waals surface area contributed by atoms with Gasteiger partial charge >= 0.3 is 5.97 Å². The molecule has 1 unspecified atom stereocenters. The number of rotatable bonds is 7. The Morgan fingerprint density at radius 1 is 1.48 bits per heavy atom. The lowest BCUT2D eigenvalue weighted by Crippen LogP contribution is -2.30. The fraction of sp³-hybridized carbons (Fsp3) is 0.462. The topological polar surface area (TPSA) is 87.2 Å². The third kappa shape index (κ3) is 4.23. The molecule has 1 atom stereocenters. The molecule has 0 aliphatic carbocycles. The van der Waals surface area contributed by atoms with E-state index in [1.54, 1.807) is 0 Å². The van der Waals surface area contributed by atoms with Crippen molar-refractivity contribution in [3.05, 3.63) is 29.6 Å². The molecule has 6 nitrogen and oxygen atoms in total. The van der Waals surface area contributed by atoms with E-state index in [2.05, 4.69) is 0 Å². The van der Waals surface area contributed by atoms with Crippen LogP contribution in [0.2, 0.25) is 0 Å². The zero-order valence-corrected chi connectivity index (χ0v) is 12.3. The lowest BCUT2D eigenvalue weighted by Gasteiger charge is -2.16. The predicted molar refractivity (Wildman–Crippen MR) is 71.9 cm³/mol. The number of hydrogen-bond acceptors (Lipinski definition) is 4. The Balaban J connectivity index is 2.22. The maximum Gasteiger partial charge on any atom is 0.303 e. The number of carbonyl (C=O) groups is 1. The number of nitrogens with zero attached hydrogens (tertiary/aromatic N) is 1. The van der Waals surface area contributed by atoms with Crippen LogP contribution < -0.4 is 0 Å². The van der Waals surface area contributed by atoms with E-state index >= 15 is 0 Å². The summed E-state index contributed by atoms with van der Waals surface area (Å²) < 4.78 is 44.3. The zero-order valence-electron chi connectivity index (χ0n) is 11.5. The highest BCUT2D eigenvalue weighted by Gasteiger charge is 2.30. The number of ether oxygens (including phenoxy) is 1. The normalized spacial score (nSPS) is 18.0. The van der Waals surface area contributed by atoms with Crippen LogP contribution >= 0.6 is 0 Å². The Bertz CT molecular complexity index is 642. The first-order valence-corrected chi connectivity index (χ1v) is 7.82. The number of aliphatic carboxylic acids is 1. The molecule has 8 heteroatoms. The fourth-order valence-corrected chi connectivity index (χ4v) is 3.19. The molecule has 1 fully saturated rings. The van der Waals surface area contributed by atoms with Crippen molar-refractivity contribution >= 4 is 16.0 Å². The first kappa shape index (κ1) is 15.9. The maximum absolute atomic E-state index is 13.6. The highest BCUT2D eigenvalue weighted by molar-refractivity contribution is 7.89. The van der Waals surface area contributed by atoms with E-state index in [0.29, 0.717) is 12.2 Å². The van der Waals surface area contributed by atoms with E-state index in [1.807, 2.05) is 0 Å². The van der Waals surface area contributed by atoms with Gasteiger partial charge in [0.05, 0.1) is 17.6 Å². The molecule has 1 saturated heterocycles. The second kappa shape index (κ2) is 6.08. The molecular formula is C13H16FNO5S. The Morgan fingerprint density at radius 2 is 2.14 bits per heavy atom. The van der Waals surface area contributed by atoms with E-state index in [1.165, 1.54) is 13.1 Å². The van der Waals surface area contributed by atoms with E-state index in [0.717, 1.165) is 16.4 Å². The molecule has 116 valence electrons. The minimum Gasteiger partial charge on any atom is -0.481 e. The fourth-order valence-electron chi connectivity index (χ4n) is 1.90. The van der Waals surface area contributed by atoms with E-state index < -0.39 is 21.8 Å². The molecule has 0 bridgehead atoms. The van der Waals surface area contributed by atoms with Gasteiger partial charge in [0.2, 0.25) is 10.0 Å². The Kier molecular flexibility index (Phi) is 4.60. The van der Waals surface area contributed by atoms with Gasteiger partial charge in [-0.15, -0.1) is 0 Å². The lowest BCUT2D eigenvalue weighted by molar-refractivity contribution is -0.136. The summed E-state index contributed by atoms with van der Waals surface area (Å²) in [7, 11) is -2.41. The maximum atomic E-state index is 13.6. The average molecular weight is 317 g/mol. The number of carboxylic acids is 1. The highest BCUT2D eigenvalue weighted by Crippen LogP contribution is 2.21. The van der Waals surface area contributed by atoms with Crippen molar-refractivity contribution in [3.63, 3.8) is 0 Å². The molecule has 0 spiro atoms. The minimum absolute atomic E-state index is 0.0745. The number of epoxide rings is 1. The number of sulfonamides is 1. The van der Waals surface area contributed by atoms with Crippen molar-refractivity contribution in [2.75, 3.05) is 20.2 Å². The van der Waals surface area contributed by atoms with E-state index in [-0.39, 0.29) is 30.4 Å². The number of benzene rings is 1. The SMILES string of the molecule is CN(CC1CO1)S(=O)(=O)c1cc(F)cc(CCC(=O)O)c1. The van der Waals surface area contributed by atoms with Gasteiger partial charge in [-0.2, -0.15) is 4.31 Å². The lowest BCUT2D eigenvalue weighted by atomic mass is 10.1. The second-order valence-corrected chi connectivity index (χ2v) is 6.97. The molecule has 21 heavy (non-hydrogen) atoms. The average Bonchev–Trinajstić information content (AvgIpc) is 3.19. The number of aryl methyl sites for hydroxylation is 1. The Morgan fingerprint density at radius 3 is 2.71 bits per heavy atom. The second-order valence-electron chi connectivity index (χ2n) is 4.93. The molecule has 0 amide bonds. The van der Waals surface area contributed by atoms with E-state index in [9.17, 15) is 17.6 Å². The minimum atomic E-state index is -3.81. The van der Waals surface area contributed by atoms with Crippen LogP contribution in [0.1, 0.15) is 12.0 Å². The van der Waals surface area contributed by atoms with Gasteiger partial charge < -0.3 is 9.84 Å². The van der Waals surface area contributed by atoms with Crippen LogP contribution in [0, 0.1) is 5.82 Å². The number of halogens is 1. The van der Waals surface area contributed by atoms with Crippen molar-refractivity contribution < 1.29 is 27.4 Å². The smallest absolute Gasteiger partial charge is 0.303 e. The number of hydrogen-bond donors (Lipinski definition) is 1. The third-order valence-electron chi connectivity index (χ3n) is 3.13. The number of carboxylic acid groups (broad SMARTS) is 1. The van der Waals surface area contributed by atoms with Crippen LogP contribution in [0.25, 0.3) is 0 Å². The molecule has 1 aromatic carbocycles. The van der Waals surface area contributed by atoms with Gasteiger partial charge in [0, 0.05) is 20.0 Å². The summed E-state index contributed by atoms with van der Waals surface area (Å²) >= 11 is 0. The predicted octanol–water partition coefficient (Wildman–Crippen LogP) is 0.862. The first-order valence-electron chi connectivity index (χ1n) is 6.38. The Hall–Kier alpha value is -1.51. The molecule has 2 rings (SSSR count). The molecule has 1 N–H and O–H groups in total. The summed E-state index contributed by atoms with van der Waals surface area (Å²) in [5.41, 5.74) is 0.340. The van der Waals surface area contributed by atoms with Crippen molar-refractivity contribution in [1.82, 2.24) is 4.31 Å². The largest absolute Gasteiger partial charge is 0.481 e. The van der Waals surface area contributed by atoms with Crippen LogP contribution in [-0.2, 0) is 26.0 Å². The van der Waals surface area contributed by atoms with Gasteiger partial charge in [-0.05, 0) is 30.2 Å². The molecular weight excluding hydrogens is 301 g/mol. The molecule has 0 saturated carbocycles. The van der Waals surface area contributed by atoms with Crippen molar-refractivity contribution in [3.8, 4) is 0 Å². The van der Waals surface area contributed by atoms with Gasteiger partial charge in [0.25, 0.3) is 0 Å². The molecule has 0 radical (unpaired) electrons. The number of likely N-dealkylation sites (N-methyl/N-ethyl adjacent to an activating group) is 1.